The highest BCUT2D eigenvalue weighted by molar-refractivity contribution is 5.99. The van der Waals surface area contributed by atoms with Crippen LogP contribution in [-0.4, -0.2) is 19.5 Å². The Balaban J connectivity index is 2.93. The first kappa shape index (κ1) is 14.3. The zero-order valence-electron chi connectivity index (χ0n) is 10.9. The molecular formula is C13H20FN3O. The lowest BCUT2D eigenvalue weighted by Crippen LogP contribution is -2.21. The Labute approximate surface area is 107 Å². The molecule has 100 valence electrons. The number of hydrogen-bond acceptors (Lipinski definition) is 3. The molecule has 5 heteroatoms. The number of rotatable bonds is 6. The minimum atomic E-state index is -0.643. The van der Waals surface area contributed by atoms with Crippen molar-refractivity contribution in [1.82, 2.24) is 0 Å². The molecule has 0 fully saturated rings. The van der Waals surface area contributed by atoms with Crippen molar-refractivity contribution in [3.63, 3.8) is 0 Å². The van der Waals surface area contributed by atoms with Gasteiger partial charge >= 0.3 is 0 Å². The van der Waals surface area contributed by atoms with Gasteiger partial charge in [-0.3, -0.25) is 4.79 Å². The summed E-state index contributed by atoms with van der Waals surface area (Å²) in [6.45, 7) is 2.84. The molecule has 0 saturated heterocycles. The number of halogens is 1. The fourth-order valence-electron chi connectivity index (χ4n) is 1.80. The SMILES string of the molecule is CCCCCN(C)c1cc(C(N)=O)c(N)cc1F. The maximum atomic E-state index is 13.8. The fraction of sp³-hybridized carbons (Fsp3) is 0.462. The summed E-state index contributed by atoms with van der Waals surface area (Å²) >= 11 is 0. The van der Waals surface area contributed by atoms with Crippen molar-refractivity contribution >= 4 is 17.3 Å². The van der Waals surface area contributed by atoms with Gasteiger partial charge in [0.2, 0.25) is 0 Å². The largest absolute Gasteiger partial charge is 0.398 e. The average Bonchev–Trinajstić information content (AvgIpc) is 2.28. The molecule has 0 unspecified atom stereocenters. The summed E-state index contributed by atoms with van der Waals surface area (Å²) in [6, 6.07) is 2.56. The van der Waals surface area contributed by atoms with Gasteiger partial charge in [-0.25, -0.2) is 4.39 Å². The van der Waals surface area contributed by atoms with E-state index in [-0.39, 0.29) is 11.3 Å². The van der Waals surface area contributed by atoms with Crippen LogP contribution in [0, 0.1) is 5.82 Å². The fourth-order valence-corrected chi connectivity index (χ4v) is 1.80. The molecule has 1 aromatic rings. The zero-order valence-corrected chi connectivity index (χ0v) is 10.9. The first-order chi connectivity index (χ1) is 8.47. The number of amides is 1. The summed E-state index contributed by atoms with van der Waals surface area (Å²) in [7, 11) is 1.79. The van der Waals surface area contributed by atoms with E-state index < -0.39 is 11.7 Å². The maximum Gasteiger partial charge on any atom is 0.250 e. The van der Waals surface area contributed by atoms with Crippen molar-refractivity contribution < 1.29 is 9.18 Å². The molecule has 1 aromatic carbocycles. The van der Waals surface area contributed by atoms with Crippen molar-refractivity contribution in [1.29, 1.82) is 0 Å². The van der Waals surface area contributed by atoms with E-state index in [2.05, 4.69) is 6.92 Å². The summed E-state index contributed by atoms with van der Waals surface area (Å²) in [5, 5.41) is 0. The number of unbranched alkanes of at least 4 members (excludes halogenated alkanes) is 2. The summed E-state index contributed by atoms with van der Waals surface area (Å²) < 4.78 is 13.8. The molecule has 0 aliphatic rings. The molecule has 4 nitrogen and oxygen atoms in total. The van der Waals surface area contributed by atoms with Crippen LogP contribution in [0.2, 0.25) is 0 Å². The minimum Gasteiger partial charge on any atom is -0.398 e. The second-order valence-electron chi connectivity index (χ2n) is 4.38. The van der Waals surface area contributed by atoms with Gasteiger partial charge in [-0.2, -0.15) is 0 Å². The van der Waals surface area contributed by atoms with Gasteiger partial charge < -0.3 is 16.4 Å². The topological polar surface area (TPSA) is 72.3 Å². The number of hydrogen-bond donors (Lipinski definition) is 2. The van der Waals surface area contributed by atoms with Gasteiger partial charge in [0.15, 0.2) is 0 Å². The molecule has 0 aliphatic heterocycles. The van der Waals surface area contributed by atoms with E-state index in [9.17, 15) is 9.18 Å². The van der Waals surface area contributed by atoms with Crippen molar-refractivity contribution in [2.24, 2.45) is 5.73 Å². The summed E-state index contributed by atoms with van der Waals surface area (Å²) in [5.41, 5.74) is 11.3. The van der Waals surface area contributed by atoms with E-state index in [1.54, 1.807) is 11.9 Å². The van der Waals surface area contributed by atoms with Crippen LogP contribution in [0.5, 0.6) is 0 Å². The number of primary amides is 1. The van der Waals surface area contributed by atoms with E-state index in [0.29, 0.717) is 5.69 Å². The van der Waals surface area contributed by atoms with Crippen molar-refractivity contribution in [2.45, 2.75) is 26.2 Å². The lowest BCUT2D eigenvalue weighted by atomic mass is 10.1. The van der Waals surface area contributed by atoms with Crippen LogP contribution in [0.3, 0.4) is 0 Å². The zero-order chi connectivity index (χ0) is 13.7. The molecule has 0 aromatic heterocycles. The predicted molar refractivity (Wildman–Crippen MR) is 72.1 cm³/mol. The van der Waals surface area contributed by atoms with Crippen LogP contribution in [0.15, 0.2) is 12.1 Å². The average molecular weight is 253 g/mol. The molecular weight excluding hydrogens is 233 g/mol. The van der Waals surface area contributed by atoms with Crippen molar-refractivity contribution in [3.8, 4) is 0 Å². The number of benzene rings is 1. The second-order valence-corrected chi connectivity index (χ2v) is 4.38. The molecule has 0 aliphatic carbocycles. The molecule has 1 amide bonds. The van der Waals surface area contributed by atoms with E-state index in [4.69, 9.17) is 11.5 Å². The van der Waals surface area contributed by atoms with Gasteiger partial charge in [0.25, 0.3) is 5.91 Å². The molecule has 0 spiro atoms. The highest BCUT2D eigenvalue weighted by atomic mass is 19.1. The third-order valence-corrected chi connectivity index (χ3v) is 2.89. The molecule has 0 bridgehead atoms. The lowest BCUT2D eigenvalue weighted by Gasteiger charge is -2.21. The van der Waals surface area contributed by atoms with Crippen molar-refractivity contribution in [2.75, 3.05) is 24.2 Å². The first-order valence-electron chi connectivity index (χ1n) is 6.07. The maximum absolute atomic E-state index is 13.8. The number of carbonyl (C=O) groups is 1. The number of anilines is 2. The van der Waals surface area contributed by atoms with Crippen LogP contribution in [-0.2, 0) is 0 Å². The molecule has 0 saturated carbocycles. The van der Waals surface area contributed by atoms with Crippen LogP contribution < -0.4 is 16.4 Å². The normalized spacial score (nSPS) is 10.4. The smallest absolute Gasteiger partial charge is 0.250 e. The monoisotopic (exact) mass is 253 g/mol. The standard InChI is InChI=1S/C13H20FN3O/c1-3-4-5-6-17(2)12-7-9(13(16)18)11(15)8-10(12)14/h7-8H,3-6,15H2,1-2H3,(H2,16,18). The minimum absolute atomic E-state index is 0.0747. The third-order valence-electron chi connectivity index (χ3n) is 2.89. The van der Waals surface area contributed by atoms with Gasteiger partial charge in [0.1, 0.15) is 5.82 Å². The Morgan fingerprint density at radius 1 is 1.39 bits per heavy atom. The van der Waals surface area contributed by atoms with E-state index >= 15 is 0 Å². The van der Waals surface area contributed by atoms with Gasteiger partial charge in [-0.15, -0.1) is 0 Å². The Hall–Kier alpha value is -1.78. The summed E-state index contributed by atoms with van der Waals surface area (Å²) in [5.74, 6) is -1.08. The Morgan fingerprint density at radius 2 is 2.06 bits per heavy atom. The third kappa shape index (κ3) is 3.35. The first-order valence-corrected chi connectivity index (χ1v) is 6.07. The Bertz CT molecular complexity index is 434. The molecule has 18 heavy (non-hydrogen) atoms. The predicted octanol–water partition coefficient (Wildman–Crippen LogP) is 2.13. The summed E-state index contributed by atoms with van der Waals surface area (Å²) in [4.78, 5) is 12.9. The van der Waals surface area contributed by atoms with Crippen LogP contribution in [0.1, 0.15) is 36.5 Å². The highest BCUT2D eigenvalue weighted by Crippen LogP contribution is 2.24. The molecule has 1 rings (SSSR count). The van der Waals surface area contributed by atoms with E-state index in [1.165, 1.54) is 6.07 Å². The molecule has 0 heterocycles. The van der Waals surface area contributed by atoms with Crippen LogP contribution >= 0.6 is 0 Å². The van der Waals surface area contributed by atoms with Gasteiger partial charge in [-0.05, 0) is 18.6 Å². The van der Waals surface area contributed by atoms with Crippen molar-refractivity contribution in [3.05, 3.63) is 23.5 Å². The number of nitrogens with two attached hydrogens (primary N) is 2. The van der Waals surface area contributed by atoms with Gasteiger partial charge in [0, 0.05) is 19.3 Å². The quantitative estimate of drug-likeness (QED) is 0.602. The highest BCUT2D eigenvalue weighted by Gasteiger charge is 2.14. The lowest BCUT2D eigenvalue weighted by molar-refractivity contribution is 0.100. The second kappa shape index (κ2) is 6.23. The Morgan fingerprint density at radius 3 is 2.61 bits per heavy atom. The number of nitrogen functional groups attached to an aromatic ring is 1. The van der Waals surface area contributed by atoms with Crippen LogP contribution in [0.25, 0.3) is 0 Å². The van der Waals surface area contributed by atoms with Gasteiger partial charge in [-0.1, -0.05) is 19.8 Å². The molecule has 0 radical (unpaired) electrons. The molecule has 0 atom stereocenters. The summed E-state index contributed by atoms with van der Waals surface area (Å²) in [6.07, 6.45) is 3.16. The number of carbonyl (C=O) groups excluding carboxylic acids is 1. The van der Waals surface area contributed by atoms with E-state index in [1.807, 2.05) is 0 Å². The Kier molecular flexibility index (Phi) is 4.95. The molecule has 4 N–H and O–H groups in total. The van der Waals surface area contributed by atoms with Gasteiger partial charge in [0.05, 0.1) is 11.3 Å². The number of nitrogens with zero attached hydrogens (tertiary/aromatic N) is 1. The van der Waals surface area contributed by atoms with Crippen LogP contribution in [0.4, 0.5) is 15.8 Å². The van der Waals surface area contributed by atoms with E-state index in [0.717, 1.165) is 31.9 Å².